The van der Waals surface area contributed by atoms with Gasteiger partial charge in [0.2, 0.25) is 0 Å². The number of halogens is 2. The molecule has 0 aliphatic heterocycles. The zero-order chi connectivity index (χ0) is 13.8. The predicted octanol–water partition coefficient (Wildman–Crippen LogP) is 4.42. The minimum absolute atomic E-state index is 0.308. The summed E-state index contributed by atoms with van der Waals surface area (Å²) in [6.45, 7) is 2.06. The smallest absolute Gasteiger partial charge is 0.129 e. The van der Waals surface area contributed by atoms with Crippen molar-refractivity contribution in [3.8, 4) is 0 Å². The standard InChI is InChI=1S/C16H17ClFN/c1-11-3-2-4-12(9-11)5-8-16(19)14-7-6-13(17)10-15(14)18/h2-4,6-7,9-10,16H,5,8,19H2,1H3. The van der Waals surface area contributed by atoms with Gasteiger partial charge in [0, 0.05) is 16.6 Å². The van der Waals surface area contributed by atoms with Gasteiger partial charge in [0.25, 0.3) is 0 Å². The van der Waals surface area contributed by atoms with E-state index in [1.54, 1.807) is 12.1 Å². The molecule has 100 valence electrons. The lowest BCUT2D eigenvalue weighted by Gasteiger charge is -2.13. The van der Waals surface area contributed by atoms with Gasteiger partial charge in [-0.2, -0.15) is 0 Å². The monoisotopic (exact) mass is 277 g/mol. The summed E-state index contributed by atoms with van der Waals surface area (Å²) in [5.41, 5.74) is 9.03. The molecule has 1 atom stereocenters. The summed E-state index contributed by atoms with van der Waals surface area (Å²) in [5, 5.41) is 0.395. The van der Waals surface area contributed by atoms with Gasteiger partial charge < -0.3 is 5.73 Å². The molecular weight excluding hydrogens is 261 g/mol. The zero-order valence-electron chi connectivity index (χ0n) is 10.9. The lowest BCUT2D eigenvalue weighted by Crippen LogP contribution is -2.13. The van der Waals surface area contributed by atoms with E-state index in [0.717, 1.165) is 6.42 Å². The highest BCUT2D eigenvalue weighted by Crippen LogP contribution is 2.22. The van der Waals surface area contributed by atoms with Crippen LogP contribution in [0.3, 0.4) is 0 Å². The fourth-order valence-electron chi connectivity index (χ4n) is 2.15. The molecule has 0 aliphatic rings. The highest BCUT2D eigenvalue weighted by atomic mass is 35.5. The van der Waals surface area contributed by atoms with Crippen molar-refractivity contribution in [2.24, 2.45) is 5.73 Å². The molecule has 19 heavy (non-hydrogen) atoms. The van der Waals surface area contributed by atoms with Crippen molar-refractivity contribution in [1.82, 2.24) is 0 Å². The fourth-order valence-corrected chi connectivity index (χ4v) is 2.31. The van der Waals surface area contributed by atoms with Crippen LogP contribution < -0.4 is 5.73 Å². The number of nitrogens with two attached hydrogens (primary N) is 1. The van der Waals surface area contributed by atoms with Gasteiger partial charge in [-0.15, -0.1) is 0 Å². The van der Waals surface area contributed by atoms with Crippen LogP contribution in [0.15, 0.2) is 42.5 Å². The summed E-state index contributed by atoms with van der Waals surface area (Å²) < 4.78 is 13.7. The molecule has 1 nitrogen and oxygen atoms in total. The molecule has 2 N–H and O–H groups in total. The first kappa shape index (κ1) is 14.0. The molecule has 0 fully saturated rings. The number of benzene rings is 2. The van der Waals surface area contributed by atoms with Gasteiger partial charge in [0.1, 0.15) is 5.82 Å². The molecule has 2 aromatic carbocycles. The largest absolute Gasteiger partial charge is 0.324 e. The number of hydrogen-bond acceptors (Lipinski definition) is 1. The van der Waals surface area contributed by atoms with Gasteiger partial charge in [-0.05, 0) is 37.5 Å². The van der Waals surface area contributed by atoms with E-state index in [1.807, 2.05) is 6.07 Å². The van der Waals surface area contributed by atoms with Crippen molar-refractivity contribution in [2.45, 2.75) is 25.8 Å². The Bertz CT molecular complexity index is 568. The highest BCUT2D eigenvalue weighted by Gasteiger charge is 2.11. The Balaban J connectivity index is 2.03. The molecule has 3 heteroatoms. The topological polar surface area (TPSA) is 26.0 Å². The summed E-state index contributed by atoms with van der Waals surface area (Å²) in [6, 6.07) is 12.6. The normalized spacial score (nSPS) is 12.4. The van der Waals surface area contributed by atoms with Gasteiger partial charge in [-0.1, -0.05) is 47.5 Å². The first-order valence-corrected chi connectivity index (χ1v) is 6.70. The number of hydrogen-bond donors (Lipinski definition) is 1. The van der Waals surface area contributed by atoms with Gasteiger partial charge in [-0.3, -0.25) is 0 Å². The molecule has 0 bridgehead atoms. The maximum Gasteiger partial charge on any atom is 0.129 e. The lowest BCUT2D eigenvalue weighted by molar-refractivity contribution is 0.564. The van der Waals surface area contributed by atoms with E-state index >= 15 is 0 Å². The Morgan fingerprint density at radius 3 is 2.68 bits per heavy atom. The van der Waals surface area contributed by atoms with Gasteiger partial charge in [0.15, 0.2) is 0 Å². The van der Waals surface area contributed by atoms with Crippen molar-refractivity contribution >= 4 is 11.6 Å². The molecule has 0 aliphatic carbocycles. The van der Waals surface area contributed by atoms with Crippen molar-refractivity contribution in [3.63, 3.8) is 0 Å². The molecule has 0 amide bonds. The minimum atomic E-state index is -0.329. The van der Waals surface area contributed by atoms with Crippen LogP contribution in [0.1, 0.15) is 29.2 Å². The highest BCUT2D eigenvalue weighted by molar-refractivity contribution is 6.30. The third-order valence-electron chi connectivity index (χ3n) is 3.19. The van der Waals surface area contributed by atoms with E-state index < -0.39 is 0 Å². The minimum Gasteiger partial charge on any atom is -0.324 e. The Hall–Kier alpha value is -1.38. The molecule has 0 saturated heterocycles. The van der Waals surface area contributed by atoms with E-state index in [4.69, 9.17) is 17.3 Å². The Labute approximate surface area is 118 Å². The SMILES string of the molecule is Cc1cccc(CCC(N)c2ccc(Cl)cc2F)c1. The molecule has 0 radical (unpaired) electrons. The van der Waals surface area contributed by atoms with Crippen molar-refractivity contribution in [3.05, 3.63) is 70.0 Å². The second-order valence-electron chi connectivity index (χ2n) is 4.80. The third-order valence-corrected chi connectivity index (χ3v) is 3.42. The van der Waals surface area contributed by atoms with E-state index in [0.29, 0.717) is 17.0 Å². The van der Waals surface area contributed by atoms with E-state index in [1.165, 1.54) is 17.2 Å². The Kier molecular flexibility index (Phi) is 4.56. The van der Waals surface area contributed by atoms with Gasteiger partial charge in [0.05, 0.1) is 0 Å². The summed E-state index contributed by atoms with van der Waals surface area (Å²) in [6.07, 6.45) is 1.55. The molecule has 0 aromatic heterocycles. The molecule has 2 aromatic rings. The Morgan fingerprint density at radius 2 is 2.00 bits per heavy atom. The molecule has 2 rings (SSSR count). The van der Waals surface area contributed by atoms with Crippen LogP contribution >= 0.6 is 11.6 Å². The molecular formula is C16H17ClFN. The van der Waals surface area contributed by atoms with Crippen LogP contribution in [0.5, 0.6) is 0 Å². The van der Waals surface area contributed by atoms with Crippen molar-refractivity contribution in [1.29, 1.82) is 0 Å². The summed E-state index contributed by atoms with van der Waals surface area (Å²) in [5.74, 6) is -0.329. The molecule has 1 unspecified atom stereocenters. The molecule has 0 spiro atoms. The molecule has 0 saturated carbocycles. The maximum absolute atomic E-state index is 13.7. The molecule has 0 heterocycles. The second-order valence-corrected chi connectivity index (χ2v) is 5.24. The Morgan fingerprint density at radius 1 is 1.21 bits per heavy atom. The quantitative estimate of drug-likeness (QED) is 0.879. The predicted molar refractivity (Wildman–Crippen MR) is 77.8 cm³/mol. The van der Waals surface area contributed by atoms with E-state index in [2.05, 4.69) is 25.1 Å². The first-order chi connectivity index (χ1) is 9.06. The van der Waals surface area contributed by atoms with Crippen LogP contribution in [-0.4, -0.2) is 0 Å². The second kappa shape index (κ2) is 6.18. The average molecular weight is 278 g/mol. The number of aryl methyl sites for hydroxylation is 2. The average Bonchev–Trinajstić information content (AvgIpc) is 2.36. The van der Waals surface area contributed by atoms with E-state index in [-0.39, 0.29) is 11.9 Å². The van der Waals surface area contributed by atoms with Crippen LogP contribution in [0.4, 0.5) is 4.39 Å². The third kappa shape index (κ3) is 3.79. The summed E-state index contributed by atoms with van der Waals surface area (Å²) in [4.78, 5) is 0. The van der Waals surface area contributed by atoms with Gasteiger partial charge in [-0.25, -0.2) is 4.39 Å². The van der Waals surface area contributed by atoms with Gasteiger partial charge >= 0.3 is 0 Å². The van der Waals surface area contributed by atoms with Crippen LogP contribution in [0, 0.1) is 12.7 Å². The number of rotatable bonds is 4. The maximum atomic E-state index is 13.7. The zero-order valence-corrected chi connectivity index (χ0v) is 11.6. The summed E-state index contributed by atoms with van der Waals surface area (Å²) >= 11 is 5.73. The fraction of sp³-hybridized carbons (Fsp3) is 0.250. The van der Waals surface area contributed by atoms with Crippen LogP contribution in [0.25, 0.3) is 0 Å². The summed E-state index contributed by atoms with van der Waals surface area (Å²) in [7, 11) is 0. The van der Waals surface area contributed by atoms with Crippen LogP contribution in [0.2, 0.25) is 5.02 Å². The van der Waals surface area contributed by atoms with Crippen LogP contribution in [-0.2, 0) is 6.42 Å². The van der Waals surface area contributed by atoms with E-state index in [9.17, 15) is 4.39 Å². The van der Waals surface area contributed by atoms with Crippen molar-refractivity contribution in [2.75, 3.05) is 0 Å². The first-order valence-electron chi connectivity index (χ1n) is 6.32. The lowest BCUT2D eigenvalue weighted by atomic mass is 9.98. The van der Waals surface area contributed by atoms with Crippen molar-refractivity contribution < 1.29 is 4.39 Å².